The molecule has 3 aromatic rings. The summed E-state index contributed by atoms with van der Waals surface area (Å²) in [5.41, 5.74) is 7.50. The van der Waals surface area contributed by atoms with Crippen molar-refractivity contribution in [2.24, 2.45) is 0 Å². The second kappa shape index (κ2) is 5.56. The Hall–Kier alpha value is -2.88. The SMILES string of the molecule is CCc1ncccc1-c1ccc2c(c1)-n1cc(C)cc1C(=O)N(C)C21CC1. The first-order valence-corrected chi connectivity index (χ1v) is 9.61. The van der Waals surface area contributed by atoms with Gasteiger partial charge in [-0.2, -0.15) is 0 Å². The number of pyridine rings is 1. The summed E-state index contributed by atoms with van der Waals surface area (Å²) < 4.78 is 2.09. The first-order chi connectivity index (χ1) is 13.0. The van der Waals surface area contributed by atoms with E-state index < -0.39 is 0 Å². The number of nitrogens with zero attached hydrogens (tertiary/aromatic N) is 3. The Morgan fingerprint density at radius 3 is 2.74 bits per heavy atom. The molecule has 4 nitrogen and oxygen atoms in total. The normalized spacial score (nSPS) is 16.9. The molecular formula is C23H23N3O. The van der Waals surface area contributed by atoms with Crippen molar-refractivity contribution in [1.82, 2.24) is 14.5 Å². The number of hydrogen-bond donors (Lipinski definition) is 0. The molecule has 0 atom stereocenters. The minimum Gasteiger partial charge on any atom is -0.331 e. The zero-order chi connectivity index (χ0) is 18.8. The molecule has 1 aliphatic heterocycles. The van der Waals surface area contributed by atoms with Gasteiger partial charge in [-0.25, -0.2) is 0 Å². The fourth-order valence-electron chi connectivity index (χ4n) is 4.50. The van der Waals surface area contributed by atoms with Gasteiger partial charge in [0.05, 0.1) is 11.2 Å². The molecule has 5 rings (SSSR count). The van der Waals surface area contributed by atoms with Gasteiger partial charge >= 0.3 is 0 Å². The minimum absolute atomic E-state index is 0.106. The molecule has 1 spiro atoms. The maximum Gasteiger partial charge on any atom is 0.271 e. The summed E-state index contributed by atoms with van der Waals surface area (Å²) >= 11 is 0. The van der Waals surface area contributed by atoms with Crippen molar-refractivity contribution < 1.29 is 4.79 Å². The van der Waals surface area contributed by atoms with Crippen LogP contribution in [0.25, 0.3) is 16.8 Å². The molecule has 1 amide bonds. The van der Waals surface area contributed by atoms with E-state index in [-0.39, 0.29) is 11.4 Å². The van der Waals surface area contributed by atoms with Crippen molar-refractivity contribution in [3.8, 4) is 16.8 Å². The number of carbonyl (C=O) groups is 1. The van der Waals surface area contributed by atoms with Gasteiger partial charge in [0.2, 0.25) is 0 Å². The summed E-state index contributed by atoms with van der Waals surface area (Å²) in [6.07, 6.45) is 6.88. The van der Waals surface area contributed by atoms with Crippen LogP contribution in [0.1, 0.15) is 47.1 Å². The first kappa shape index (κ1) is 16.3. The molecule has 0 bridgehead atoms. The van der Waals surface area contributed by atoms with Crippen LogP contribution >= 0.6 is 0 Å². The molecule has 1 aromatic carbocycles. The molecule has 0 unspecified atom stereocenters. The monoisotopic (exact) mass is 357 g/mol. The largest absolute Gasteiger partial charge is 0.331 e. The zero-order valence-electron chi connectivity index (χ0n) is 16.0. The molecule has 2 aliphatic rings. The zero-order valence-corrected chi connectivity index (χ0v) is 16.0. The van der Waals surface area contributed by atoms with Gasteiger partial charge in [-0.3, -0.25) is 9.78 Å². The maximum atomic E-state index is 13.1. The molecular weight excluding hydrogens is 334 g/mol. The number of fused-ring (bicyclic) bond motifs is 4. The summed E-state index contributed by atoms with van der Waals surface area (Å²) in [6.45, 7) is 4.18. The number of aromatic nitrogens is 2. The Morgan fingerprint density at radius 2 is 2.00 bits per heavy atom. The Morgan fingerprint density at radius 1 is 1.19 bits per heavy atom. The van der Waals surface area contributed by atoms with Crippen LogP contribution in [-0.4, -0.2) is 27.4 Å². The van der Waals surface area contributed by atoms with Gasteiger partial charge in [-0.1, -0.05) is 25.1 Å². The number of carbonyl (C=O) groups excluding carboxylic acids is 1. The van der Waals surface area contributed by atoms with Crippen LogP contribution in [0.4, 0.5) is 0 Å². The van der Waals surface area contributed by atoms with E-state index in [2.05, 4.69) is 46.9 Å². The average molecular weight is 357 g/mol. The van der Waals surface area contributed by atoms with Gasteiger partial charge in [0.25, 0.3) is 5.91 Å². The first-order valence-electron chi connectivity index (χ1n) is 9.61. The number of aryl methyl sites for hydroxylation is 2. The molecule has 0 radical (unpaired) electrons. The Bertz CT molecular complexity index is 1070. The summed E-state index contributed by atoms with van der Waals surface area (Å²) in [5.74, 6) is 0.106. The van der Waals surface area contributed by atoms with Crippen LogP contribution in [-0.2, 0) is 12.0 Å². The van der Waals surface area contributed by atoms with Crippen LogP contribution in [0.5, 0.6) is 0 Å². The van der Waals surface area contributed by atoms with E-state index in [1.54, 1.807) is 0 Å². The summed E-state index contributed by atoms with van der Waals surface area (Å²) in [5, 5.41) is 0. The van der Waals surface area contributed by atoms with Crippen molar-refractivity contribution in [2.45, 2.75) is 38.6 Å². The number of amides is 1. The van der Waals surface area contributed by atoms with Crippen LogP contribution in [0.3, 0.4) is 0 Å². The highest BCUT2D eigenvalue weighted by Crippen LogP contribution is 2.54. The van der Waals surface area contributed by atoms with Crippen LogP contribution in [0.15, 0.2) is 48.8 Å². The predicted molar refractivity (Wildman–Crippen MR) is 106 cm³/mol. The lowest BCUT2D eigenvalue weighted by Crippen LogP contribution is -2.36. The second-order valence-electron chi connectivity index (χ2n) is 7.75. The lowest BCUT2D eigenvalue weighted by atomic mass is 9.95. The molecule has 1 saturated carbocycles. The molecule has 3 heterocycles. The number of benzene rings is 1. The second-order valence-corrected chi connectivity index (χ2v) is 7.75. The molecule has 2 aromatic heterocycles. The van der Waals surface area contributed by atoms with Crippen molar-refractivity contribution in [3.63, 3.8) is 0 Å². The highest BCUT2D eigenvalue weighted by atomic mass is 16.2. The third-order valence-corrected chi connectivity index (χ3v) is 6.14. The highest BCUT2D eigenvalue weighted by Gasteiger charge is 2.53. The van der Waals surface area contributed by atoms with E-state index in [0.29, 0.717) is 0 Å². The van der Waals surface area contributed by atoms with E-state index in [1.165, 1.54) is 11.1 Å². The summed E-state index contributed by atoms with van der Waals surface area (Å²) in [6, 6.07) is 12.8. The third kappa shape index (κ3) is 2.22. The molecule has 1 aliphatic carbocycles. The standard InChI is InChI=1S/C23H23N3O/c1-4-19-17(6-5-11-24-19)16-7-8-18-20(13-16)26-14-15(2)12-21(26)22(27)25(3)23(18)9-10-23/h5-8,11-14H,4,9-10H2,1-3H3. The van der Waals surface area contributed by atoms with Crippen LogP contribution < -0.4 is 0 Å². The number of hydrogen-bond acceptors (Lipinski definition) is 2. The highest BCUT2D eigenvalue weighted by molar-refractivity contribution is 5.96. The molecule has 4 heteroatoms. The average Bonchev–Trinajstić information content (AvgIpc) is 3.42. The van der Waals surface area contributed by atoms with Crippen molar-refractivity contribution in [3.05, 3.63) is 71.3 Å². The van der Waals surface area contributed by atoms with E-state index in [9.17, 15) is 4.79 Å². The minimum atomic E-state index is -0.152. The van der Waals surface area contributed by atoms with E-state index in [0.717, 1.165) is 47.5 Å². The Kier molecular flexibility index (Phi) is 3.36. The Labute approximate surface area is 159 Å². The quantitative estimate of drug-likeness (QED) is 0.678. The van der Waals surface area contributed by atoms with Gasteiger partial charge in [0.15, 0.2) is 0 Å². The molecule has 27 heavy (non-hydrogen) atoms. The van der Waals surface area contributed by atoms with E-state index in [1.807, 2.05) is 37.2 Å². The lowest BCUT2D eigenvalue weighted by molar-refractivity contribution is 0.0705. The Balaban J connectivity index is 1.78. The van der Waals surface area contributed by atoms with Crippen molar-refractivity contribution in [2.75, 3.05) is 7.05 Å². The number of rotatable bonds is 2. The lowest BCUT2D eigenvalue weighted by Gasteiger charge is -2.27. The fourth-order valence-corrected chi connectivity index (χ4v) is 4.50. The topological polar surface area (TPSA) is 38.1 Å². The van der Waals surface area contributed by atoms with Gasteiger partial charge in [0.1, 0.15) is 5.69 Å². The predicted octanol–water partition coefficient (Wildman–Crippen LogP) is 4.48. The van der Waals surface area contributed by atoms with E-state index in [4.69, 9.17) is 0 Å². The molecule has 0 saturated heterocycles. The molecule has 136 valence electrons. The molecule has 0 N–H and O–H groups in total. The van der Waals surface area contributed by atoms with Gasteiger partial charge in [-0.15, -0.1) is 0 Å². The summed E-state index contributed by atoms with van der Waals surface area (Å²) in [4.78, 5) is 19.6. The van der Waals surface area contributed by atoms with Gasteiger partial charge in [0, 0.05) is 36.3 Å². The van der Waals surface area contributed by atoms with Gasteiger partial charge in [-0.05, 0) is 55.5 Å². The smallest absolute Gasteiger partial charge is 0.271 e. The van der Waals surface area contributed by atoms with Crippen molar-refractivity contribution >= 4 is 5.91 Å². The maximum absolute atomic E-state index is 13.1. The molecule has 1 fully saturated rings. The van der Waals surface area contributed by atoms with Crippen molar-refractivity contribution in [1.29, 1.82) is 0 Å². The van der Waals surface area contributed by atoms with E-state index >= 15 is 0 Å². The summed E-state index contributed by atoms with van der Waals surface area (Å²) in [7, 11) is 1.95. The van der Waals surface area contributed by atoms with Crippen LogP contribution in [0.2, 0.25) is 0 Å². The van der Waals surface area contributed by atoms with Gasteiger partial charge < -0.3 is 9.47 Å². The van der Waals surface area contributed by atoms with Crippen LogP contribution in [0, 0.1) is 6.92 Å². The fraction of sp³-hybridized carbons (Fsp3) is 0.304. The third-order valence-electron chi connectivity index (χ3n) is 6.14.